The van der Waals surface area contributed by atoms with Crippen LogP contribution in [-0.2, 0) is 4.74 Å². The lowest BCUT2D eigenvalue weighted by atomic mass is 10.1. The van der Waals surface area contributed by atoms with Crippen molar-refractivity contribution in [3.63, 3.8) is 0 Å². The number of nitriles is 1. The van der Waals surface area contributed by atoms with Crippen LogP contribution in [-0.4, -0.2) is 61.5 Å². The van der Waals surface area contributed by atoms with Gasteiger partial charge in [0.15, 0.2) is 0 Å². The van der Waals surface area contributed by atoms with Crippen molar-refractivity contribution in [3.05, 3.63) is 59.4 Å². The Morgan fingerprint density at radius 1 is 1.22 bits per heavy atom. The Labute approximate surface area is 238 Å². The summed E-state index contributed by atoms with van der Waals surface area (Å²) in [7, 11) is 0. The topological polar surface area (TPSA) is 143 Å². The summed E-state index contributed by atoms with van der Waals surface area (Å²) in [5, 5.41) is 13.7. The molecule has 1 amide bonds. The number of nitrogens with two attached hydrogens (primary N) is 1. The fourth-order valence-electron chi connectivity index (χ4n) is 4.68. The van der Waals surface area contributed by atoms with Crippen molar-refractivity contribution in [2.75, 3.05) is 13.1 Å². The fourth-order valence-corrected chi connectivity index (χ4v) is 4.68. The van der Waals surface area contributed by atoms with Gasteiger partial charge >= 0.3 is 6.09 Å². The lowest BCUT2D eigenvalue weighted by molar-refractivity contribution is 0.0256. The van der Waals surface area contributed by atoms with Crippen molar-refractivity contribution in [2.24, 2.45) is 15.9 Å². The summed E-state index contributed by atoms with van der Waals surface area (Å²) < 4.78 is 26.7. The Morgan fingerprint density at radius 3 is 2.66 bits per heavy atom. The number of likely N-dealkylation sites (tertiary alicyclic amines) is 1. The average Bonchev–Trinajstić information content (AvgIpc) is 3.19. The van der Waals surface area contributed by atoms with E-state index in [0.717, 1.165) is 19.0 Å². The van der Waals surface area contributed by atoms with Gasteiger partial charge in [0, 0.05) is 24.7 Å². The number of hydrogen-bond donors (Lipinski definition) is 1. The Balaban J connectivity index is 1.59. The number of imidazole rings is 1. The largest absolute Gasteiger partial charge is 0.469 e. The number of nitrogens with zero attached hydrogens (tertiary/aromatic N) is 7. The molecule has 216 valence electrons. The van der Waals surface area contributed by atoms with E-state index in [1.165, 1.54) is 12.3 Å². The highest BCUT2D eigenvalue weighted by molar-refractivity contribution is 6.47. The number of fused-ring (bicyclic) bond motifs is 1. The normalized spacial score (nSPS) is 17.6. The summed E-state index contributed by atoms with van der Waals surface area (Å²) in [5.74, 6) is 5.74. The minimum atomic E-state index is -0.560. The van der Waals surface area contributed by atoms with Crippen molar-refractivity contribution in [2.45, 2.75) is 71.6 Å². The van der Waals surface area contributed by atoms with E-state index in [9.17, 15) is 14.4 Å². The van der Waals surface area contributed by atoms with E-state index < -0.39 is 17.5 Å². The first-order chi connectivity index (χ1) is 19.5. The number of rotatable bonds is 6. The van der Waals surface area contributed by atoms with Crippen molar-refractivity contribution in [3.8, 4) is 11.9 Å². The van der Waals surface area contributed by atoms with Gasteiger partial charge in [-0.25, -0.2) is 14.2 Å². The molecule has 41 heavy (non-hydrogen) atoms. The summed E-state index contributed by atoms with van der Waals surface area (Å²) in [6, 6.07) is 8.43. The maximum absolute atomic E-state index is 13.4. The molecule has 1 unspecified atom stereocenters. The predicted octanol–water partition coefficient (Wildman–Crippen LogP) is 4.79. The summed E-state index contributed by atoms with van der Waals surface area (Å²) >= 11 is 0. The number of amides is 1. The molecule has 1 aliphatic rings. The van der Waals surface area contributed by atoms with E-state index in [-0.39, 0.29) is 17.8 Å². The Morgan fingerprint density at radius 2 is 2.00 bits per heavy atom. The minimum Gasteiger partial charge on any atom is -0.469 e. The molecule has 1 fully saturated rings. The Kier molecular flexibility index (Phi) is 8.86. The van der Waals surface area contributed by atoms with Gasteiger partial charge < -0.3 is 20.2 Å². The monoisotopic (exact) mass is 562 g/mol. The zero-order chi connectivity index (χ0) is 29.7. The van der Waals surface area contributed by atoms with Gasteiger partial charge in [-0.1, -0.05) is 0 Å². The third kappa shape index (κ3) is 7.16. The molecule has 2 atom stereocenters. The third-order valence-electron chi connectivity index (χ3n) is 6.62. The van der Waals surface area contributed by atoms with Crippen LogP contribution in [0.2, 0.25) is 0 Å². The Hall–Kier alpha value is -4.53. The molecule has 11 nitrogen and oxygen atoms in total. The van der Waals surface area contributed by atoms with Gasteiger partial charge in [-0.15, -0.1) is 0 Å². The number of pyridine rings is 2. The molecule has 12 heteroatoms. The molecule has 4 rings (SSSR count). The first kappa shape index (κ1) is 29.5. The van der Waals surface area contributed by atoms with Crippen LogP contribution in [0.5, 0.6) is 5.88 Å². The first-order valence-electron chi connectivity index (χ1n) is 13.5. The summed E-state index contributed by atoms with van der Waals surface area (Å²) in [4.78, 5) is 27.7. The van der Waals surface area contributed by atoms with Gasteiger partial charge in [-0.2, -0.15) is 10.4 Å². The predicted molar refractivity (Wildman–Crippen MR) is 152 cm³/mol. The number of carbonyl (C=O) groups excluding carboxylic acids is 1. The van der Waals surface area contributed by atoms with Crippen molar-refractivity contribution < 1.29 is 18.7 Å². The van der Waals surface area contributed by atoms with E-state index in [1.807, 2.05) is 27.7 Å². The van der Waals surface area contributed by atoms with Crippen LogP contribution in [0.3, 0.4) is 0 Å². The maximum Gasteiger partial charge on any atom is 0.410 e. The van der Waals surface area contributed by atoms with E-state index in [2.05, 4.69) is 21.1 Å². The van der Waals surface area contributed by atoms with E-state index in [1.54, 1.807) is 34.4 Å². The number of carbonyl (C=O) groups is 1. The van der Waals surface area contributed by atoms with Gasteiger partial charge in [0.1, 0.15) is 40.6 Å². The second-order valence-electron chi connectivity index (χ2n) is 10.9. The van der Waals surface area contributed by atoms with Crippen LogP contribution in [0.25, 0.3) is 5.65 Å². The molecule has 0 radical (unpaired) electrons. The zero-order valence-electron chi connectivity index (χ0n) is 24.0. The maximum atomic E-state index is 13.4. The molecule has 1 saturated heterocycles. The molecule has 4 heterocycles. The lowest BCUT2D eigenvalue weighted by Gasteiger charge is -2.26. The molecular formula is C29H35FN8O3. The van der Waals surface area contributed by atoms with Gasteiger partial charge in [-0.3, -0.25) is 14.4 Å². The molecule has 3 aromatic rings. The van der Waals surface area contributed by atoms with Gasteiger partial charge in [0.05, 0.1) is 29.8 Å². The van der Waals surface area contributed by atoms with Gasteiger partial charge in [0.25, 0.3) is 0 Å². The quantitative estimate of drug-likeness (QED) is 0.258. The third-order valence-corrected chi connectivity index (χ3v) is 6.62. The Bertz CT molecular complexity index is 1500. The number of aromatic nitrogens is 3. The lowest BCUT2D eigenvalue weighted by Crippen LogP contribution is -2.37. The van der Waals surface area contributed by atoms with Crippen molar-refractivity contribution >= 4 is 23.2 Å². The van der Waals surface area contributed by atoms with Gasteiger partial charge in [0.2, 0.25) is 5.88 Å². The highest BCUT2D eigenvalue weighted by Gasteiger charge is 2.26. The highest BCUT2D eigenvalue weighted by atomic mass is 19.1. The standard InChI is InChI=1S/C29H35FN8O3/c1-18(35-22-7-6-11-37(12-10-22)28(39)41-29(3,4)5)27(36-32)20-13-25-34-17-23(15-31)38(25)26(14-20)40-19(2)24-9-8-21(30)16-33-24/h8-9,13-14,16-17,19,22H,6-7,10-12,32H2,1-5H3/b35-18?,36-27+/t19-,22?/m1/s1. The molecule has 3 aromatic heterocycles. The first-order valence-corrected chi connectivity index (χ1v) is 13.5. The zero-order valence-corrected chi connectivity index (χ0v) is 24.0. The average molecular weight is 563 g/mol. The second-order valence-corrected chi connectivity index (χ2v) is 10.9. The molecule has 0 saturated carbocycles. The fraction of sp³-hybridized carbons (Fsp3) is 0.448. The van der Waals surface area contributed by atoms with Crippen molar-refractivity contribution in [1.29, 1.82) is 5.26 Å². The molecule has 0 aliphatic carbocycles. The van der Waals surface area contributed by atoms with Crippen LogP contribution < -0.4 is 10.6 Å². The number of aliphatic imine (C=N–C) groups is 1. The molecule has 0 aromatic carbocycles. The van der Waals surface area contributed by atoms with Crippen LogP contribution in [0.15, 0.2) is 46.8 Å². The van der Waals surface area contributed by atoms with Crippen molar-refractivity contribution in [1.82, 2.24) is 19.3 Å². The molecular weight excluding hydrogens is 527 g/mol. The van der Waals surface area contributed by atoms with Crippen LogP contribution in [0, 0.1) is 17.1 Å². The van der Waals surface area contributed by atoms with Crippen LogP contribution >= 0.6 is 0 Å². The van der Waals surface area contributed by atoms with Crippen LogP contribution in [0.1, 0.15) is 76.9 Å². The number of hydrazone groups is 1. The number of halogens is 1. The molecule has 0 bridgehead atoms. The summed E-state index contributed by atoms with van der Waals surface area (Å²) in [5.41, 5.74) is 2.38. The summed E-state index contributed by atoms with van der Waals surface area (Å²) in [6.45, 7) is 10.3. The minimum absolute atomic E-state index is 0.0279. The van der Waals surface area contributed by atoms with E-state index in [0.29, 0.717) is 53.7 Å². The highest BCUT2D eigenvalue weighted by Crippen LogP contribution is 2.26. The number of ether oxygens (including phenoxy) is 2. The van der Waals surface area contributed by atoms with E-state index in [4.69, 9.17) is 20.3 Å². The second kappa shape index (κ2) is 12.3. The molecule has 1 aliphatic heterocycles. The molecule has 2 N–H and O–H groups in total. The van der Waals surface area contributed by atoms with Gasteiger partial charge in [-0.05, 0) is 72.1 Å². The van der Waals surface area contributed by atoms with Crippen LogP contribution in [0.4, 0.5) is 9.18 Å². The SMILES string of the molecule is CC(=NC1CCCN(C(=O)OC(C)(C)C)CC1)/C(=N\N)c1cc(O[C@H](C)c2ccc(F)cn2)n2c(C#N)cnc2c1. The summed E-state index contributed by atoms with van der Waals surface area (Å²) in [6.07, 6.45) is 3.97. The molecule has 0 spiro atoms. The van der Waals surface area contributed by atoms with E-state index >= 15 is 0 Å². The smallest absolute Gasteiger partial charge is 0.410 e. The number of hydrogen-bond acceptors (Lipinski definition) is 9.